The number of unbranched alkanes of at least 4 members (excludes halogenated alkanes) is 1. The second-order valence-corrected chi connectivity index (χ2v) is 5.23. The van der Waals surface area contributed by atoms with Gasteiger partial charge < -0.3 is 19.3 Å². The molecule has 0 aliphatic carbocycles. The Kier molecular flexibility index (Phi) is 6.91. The van der Waals surface area contributed by atoms with Crippen molar-refractivity contribution >= 4 is 0 Å². The summed E-state index contributed by atoms with van der Waals surface area (Å²) in [4.78, 5) is 0. The number of benzene rings is 2. The molecule has 2 rings (SSSR count). The van der Waals surface area contributed by atoms with Gasteiger partial charge in [-0.3, -0.25) is 0 Å². The summed E-state index contributed by atoms with van der Waals surface area (Å²) in [5.74, 6) is 1.64. The van der Waals surface area contributed by atoms with E-state index in [0.29, 0.717) is 6.61 Å². The lowest BCUT2D eigenvalue weighted by Gasteiger charge is -2.19. The normalized spacial score (nSPS) is 10.8. The summed E-state index contributed by atoms with van der Waals surface area (Å²) in [6, 6.07) is 15.8. The van der Waals surface area contributed by atoms with E-state index in [1.807, 2.05) is 48.5 Å². The zero-order chi connectivity index (χ0) is 16.5. The summed E-state index contributed by atoms with van der Waals surface area (Å²) < 4.78 is 16.5. The number of ether oxygens (including phenoxy) is 3. The molecule has 0 aliphatic heterocycles. The van der Waals surface area contributed by atoms with E-state index in [0.717, 1.165) is 35.5 Å². The number of aliphatic hydroxyl groups is 1. The molecule has 0 saturated carbocycles. The van der Waals surface area contributed by atoms with E-state index in [9.17, 15) is 0 Å². The van der Waals surface area contributed by atoms with Gasteiger partial charge in [0, 0.05) is 13.2 Å². The summed E-state index contributed by atoms with van der Waals surface area (Å²) >= 11 is 0. The van der Waals surface area contributed by atoms with Crippen LogP contribution in [0, 0.1) is 0 Å². The van der Waals surface area contributed by atoms with E-state index in [2.05, 4.69) is 0 Å². The summed E-state index contributed by atoms with van der Waals surface area (Å²) in [6.45, 7) is 0.794. The Morgan fingerprint density at radius 2 is 1.26 bits per heavy atom. The molecular formula is C19H24O4. The Morgan fingerprint density at radius 3 is 1.65 bits per heavy atom. The van der Waals surface area contributed by atoms with Gasteiger partial charge in [-0.05, 0) is 48.2 Å². The maximum absolute atomic E-state index is 8.90. The van der Waals surface area contributed by atoms with Gasteiger partial charge in [0.15, 0.2) is 0 Å². The molecule has 0 fully saturated rings. The van der Waals surface area contributed by atoms with Gasteiger partial charge in [-0.2, -0.15) is 0 Å². The van der Waals surface area contributed by atoms with Crippen LogP contribution in [0.25, 0.3) is 0 Å². The van der Waals surface area contributed by atoms with Crippen LogP contribution in [-0.2, 0) is 4.74 Å². The lowest BCUT2D eigenvalue weighted by Crippen LogP contribution is -2.08. The van der Waals surface area contributed by atoms with E-state index < -0.39 is 0 Å². The summed E-state index contributed by atoms with van der Waals surface area (Å²) in [5.41, 5.74) is 2.14. The maximum Gasteiger partial charge on any atom is 0.118 e. The highest BCUT2D eigenvalue weighted by Crippen LogP contribution is 2.29. The van der Waals surface area contributed by atoms with Gasteiger partial charge in [0.25, 0.3) is 0 Å². The van der Waals surface area contributed by atoms with E-state index in [4.69, 9.17) is 19.3 Å². The first-order valence-corrected chi connectivity index (χ1v) is 7.79. The number of methoxy groups -OCH3 is 2. The van der Waals surface area contributed by atoms with Crippen LogP contribution in [0.1, 0.15) is 30.1 Å². The number of aliphatic hydroxyl groups excluding tert-OH is 1. The molecule has 4 nitrogen and oxygen atoms in total. The van der Waals surface area contributed by atoms with Crippen molar-refractivity contribution in [3.05, 3.63) is 59.7 Å². The molecule has 0 aromatic heterocycles. The van der Waals surface area contributed by atoms with Gasteiger partial charge >= 0.3 is 0 Å². The molecule has 4 heteroatoms. The van der Waals surface area contributed by atoms with E-state index in [-0.39, 0.29) is 12.7 Å². The first-order chi connectivity index (χ1) is 11.3. The van der Waals surface area contributed by atoms with Crippen LogP contribution in [0.15, 0.2) is 48.5 Å². The van der Waals surface area contributed by atoms with Crippen LogP contribution >= 0.6 is 0 Å². The predicted octanol–water partition coefficient (Wildman–Crippen LogP) is 3.58. The van der Waals surface area contributed by atoms with E-state index in [1.54, 1.807) is 14.2 Å². The minimum Gasteiger partial charge on any atom is -0.497 e. The van der Waals surface area contributed by atoms with Crippen molar-refractivity contribution < 1.29 is 19.3 Å². The van der Waals surface area contributed by atoms with Crippen molar-refractivity contribution in [2.45, 2.75) is 18.9 Å². The van der Waals surface area contributed by atoms with Crippen LogP contribution in [0.2, 0.25) is 0 Å². The third-order valence-corrected chi connectivity index (χ3v) is 3.67. The van der Waals surface area contributed by atoms with Crippen molar-refractivity contribution in [3.8, 4) is 11.5 Å². The third kappa shape index (κ3) is 4.98. The number of rotatable bonds is 9. The highest BCUT2D eigenvalue weighted by molar-refractivity contribution is 5.36. The molecule has 0 bridgehead atoms. The highest BCUT2D eigenvalue weighted by Gasteiger charge is 2.15. The first kappa shape index (κ1) is 17.3. The Morgan fingerprint density at radius 1 is 0.783 bits per heavy atom. The predicted molar refractivity (Wildman–Crippen MR) is 90.1 cm³/mol. The number of hydrogen-bond acceptors (Lipinski definition) is 4. The Balaban J connectivity index is 2.18. The fourth-order valence-corrected chi connectivity index (χ4v) is 2.36. The number of hydrogen-bond donors (Lipinski definition) is 1. The van der Waals surface area contributed by atoms with E-state index in [1.165, 1.54) is 0 Å². The van der Waals surface area contributed by atoms with Gasteiger partial charge in [-0.1, -0.05) is 24.3 Å². The standard InChI is InChI=1S/C19H24O4/c1-21-17-9-5-15(6-10-17)19(23-14-4-3-13-20)16-7-11-18(22-2)12-8-16/h5-12,19-20H,3-4,13-14H2,1-2H3. The molecule has 0 aliphatic rings. The average Bonchev–Trinajstić information content (AvgIpc) is 2.62. The van der Waals surface area contributed by atoms with Gasteiger partial charge in [-0.25, -0.2) is 0 Å². The summed E-state index contributed by atoms with van der Waals surface area (Å²) in [7, 11) is 3.31. The second-order valence-electron chi connectivity index (χ2n) is 5.23. The zero-order valence-corrected chi connectivity index (χ0v) is 13.7. The zero-order valence-electron chi connectivity index (χ0n) is 13.7. The fourth-order valence-electron chi connectivity index (χ4n) is 2.36. The molecule has 0 unspecified atom stereocenters. The minimum absolute atomic E-state index is 0.148. The van der Waals surface area contributed by atoms with Crippen LogP contribution in [-0.4, -0.2) is 32.5 Å². The highest BCUT2D eigenvalue weighted by atomic mass is 16.5. The molecule has 0 atom stereocenters. The van der Waals surface area contributed by atoms with E-state index >= 15 is 0 Å². The van der Waals surface area contributed by atoms with Crippen LogP contribution in [0.3, 0.4) is 0 Å². The van der Waals surface area contributed by atoms with Crippen molar-refractivity contribution in [1.82, 2.24) is 0 Å². The Hall–Kier alpha value is -2.04. The molecule has 2 aromatic rings. The monoisotopic (exact) mass is 316 g/mol. The molecule has 0 radical (unpaired) electrons. The second kappa shape index (κ2) is 9.18. The smallest absolute Gasteiger partial charge is 0.118 e. The molecule has 2 aromatic carbocycles. The maximum atomic E-state index is 8.90. The van der Waals surface area contributed by atoms with Crippen LogP contribution in [0.4, 0.5) is 0 Å². The molecule has 0 heterocycles. The average molecular weight is 316 g/mol. The van der Waals surface area contributed by atoms with Gasteiger partial charge in [0.2, 0.25) is 0 Å². The molecule has 0 saturated heterocycles. The minimum atomic E-state index is -0.148. The van der Waals surface area contributed by atoms with Crippen molar-refractivity contribution in [1.29, 1.82) is 0 Å². The van der Waals surface area contributed by atoms with Crippen LogP contribution in [0.5, 0.6) is 11.5 Å². The third-order valence-electron chi connectivity index (χ3n) is 3.67. The lowest BCUT2D eigenvalue weighted by atomic mass is 10.0. The molecule has 0 spiro atoms. The summed E-state index contributed by atoms with van der Waals surface area (Å²) in [6.07, 6.45) is 1.43. The molecule has 0 amide bonds. The Labute approximate surface area is 137 Å². The lowest BCUT2D eigenvalue weighted by molar-refractivity contribution is 0.0742. The fraction of sp³-hybridized carbons (Fsp3) is 0.368. The first-order valence-electron chi connectivity index (χ1n) is 7.79. The van der Waals surface area contributed by atoms with Crippen molar-refractivity contribution in [3.63, 3.8) is 0 Å². The molecular weight excluding hydrogens is 292 g/mol. The van der Waals surface area contributed by atoms with Crippen molar-refractivity contribution in [2.24, 2.45) is 0 Å². The van der Waals surface area contributed by atoms with Gasteiger partial charge in [0.1, 0.15) is 17.6 Å². The topological polar surface area (TPSA) is 47.9 Å². The van der Waals surface area contributed by atoms with Gasteiger partial charge in [-0.15, -0.1) is 0 Å². The quantitative estimate of drug-likeness (QED) is 0.718. The van der Waals surface area contributed by atoms with Gasteiger partial charge in [0.05, 0.1) is 14.2 Å². The Bertz CT molecular complexity index is 515. The van der Waals surface area contributed by atoms with Crippen LogP contribution < -0.4 is 9.47 Å². The SMILES string of the molecule is COc1ccc(C(OCCCCO)c2ccc(OC)cc2)cc1. The molecule has 23 heavy (non-hydrogen) atoms. The summed E-state index contributed by atoms with van der Waals surface area (Å²) in [5, 5.41) is 8.90. The molecule has 1 N–H and O–H groups in total. The van der Waals surface area contributed by atoms with Crippen molar-refractivity contribution in [2.75, 3.05) is 27.4 Å². The largest absolute Gasteiger partial charge is 0.497 e. The molecule has 124 valence electrons.